The van der Waals surface area contributed by atoms with Crippen LogP contribution in [0.3, 0.4) is 0 Å². The predicted molar refractivity (Wildman–Crippen MR) is 145 cm³/mol. The van der Waals surface area contributed by atoms with Crippen LogP contribution in [-0.4, -0.2) is 47.0 Å². The first-order valence-electron chi connectivity index (χ1n) is 11.8. The molecule has 1 fully saturated rings. The zero-order valence-electron chi connectivity index (χ0n) is 20.4. The molecule has 37 heavy (non-hydrogen) atoms. The third kappa shape index (κ3) is 5.90. The molecule has 0 spiro atoms. The van der Waals surface area contributed by atoms with Crippen molar-refractivity contribution in [3.8, 4) is 11.8 Å². The fourth-order valence-corrected chi connectivity index (χ4v) is 4.30. The van der Waals surface area contributed by atoms with Gasteiger partial charge in [-0.25, -0.2) is 4.98 Å². The molecule has 0 radical (unpaired) electrons. The highest BCUT2D eigenvalue weighted by molar-refractivity contribution is 6.30. The highest BCUT2D eigenvalue weighted by atomic mass is 35.5. The summed E-state index contributed by atoms with van der Waals surface area (Å²) in [4.78, 5) is 36.7. The van der Waals surface area contributed by atoms with E-state index in [0.29, 0.717) is 59.7 Å². The minimum absolute atomic E-state index is 0.171. The number of carbonyl (C=O) groups excluding carboxylic acids is 1. The Labute approximate surface area is 220 Å². The first kappa shape index (κ1) is 25.7. The van der Waals surface area contributed by atoms with Gasteiger partial charge in [-0.2, -0.15) is 5.26 Å². The van der Waals surface area contributed by atoms with Gasteiger partial charge in [0.05, 0.1) is 16.8 Å². The molecular formula is C28H26ClN5O3. The summed E-state index contributed by atoms with van der Waals surface area (Å²) >= 11 is 6.02. The molecule has 8 nitrogen and oxygen atoms in total. The Hall–Kier alpha value is -4.35. The second-order valence-electron chi connectivity index (χ2n) is 8.41. The molecule has 0 atom stereocenters. The van der Waals surface area contributed by atoms with E-state index in [-0.39, 0.29) is 23.6 Å². The largest absolute Gasteiger partial charge is 0.488 e. The van der Waals surface area contributed by atoms with Gasteiger partial charge in [-0.05, 0) is 48.9 Å². The van der Waals surface area contributed by atoms with E-state index in [1.54, 1.807) is 41.3 Å². The topological polar surface area (TPSA) is 102 Å². The molecule has 4 rings (SSSR count). The number of benzene rings is 2. The second-order valence-corrected chi connectivity index (χ2v) is 8.85. The number of carbonyl (C=O) groups is 1. The number of hydrogen-bond acceptors (Lipinski definition) is 6. The first-order chi connectivity index (χ1) is 17.9. The zero-order chi connectivity index (χ0) is 26.4. The van der Waals surface area contributed by atoms with Gasteiger partial charge < -0.3 is 14.5 Å². The number of allylic oxidation sites excluding steroid dienone is 1. The smallest absolute Gasteiger partial charge is 0.260 e. The third-order valence-electron chi connectivity index (χ3n) is 6.00. The summed E-state index contributed by atoms with van der Waals surface area (Å²) in [6, 6.07) is 14.3. The van der Waals surface area contributed by atoms with Crippen molar-refractivity contribution in [1.29, 1.82) is 5.26 Å². The number of anilines is 1. The number of amides is 1. The van der Waals surface area contributed by atoms with E-state index in [1.807, 2.05) is 30.0 Å². The van der Waals surface area contributed by atoms with Crippen LogP contribution < -0.4 is 15.2 Å². The van der Waals surface area contributed by atoms with Gasteiger partial charge in [0.15, 0.2) is 0 Å². The molecule has 2 aromatic carbocycles. The molecule has 1 aromatic heterocycles. The molecule has 0 aliphatic carbocycles. The lowest BCUT2D eigenvalue weighted by Gasteiger charge is -2.35. The van der Waals surface area contributed by atoms with E-state index >= 15 is 0 Å². The molecule has 1 N–H and O–H groups in total. The van der Waals surface area contributed by atoms with Crippen molar-refractivity contribution in [2.75, 3.05) is 31.1 Å². The molecule has 1 aliphatic rings. The molecule has 0 saturated carbocycles. The Bertz CT molecular complexity index is 1450. The molecule has 1 aliphatic heterocycles. The number of aromatic nitrogens is 2. The number of nitrogens with one attached hydrogen (secondary N) is 1. The second kappa shape index (κ2) is 11.6. The molecule has 9 heteroatoms. The number of nitriles is 1. The summed E-state index contributed by atoms with van der Waals surface area (Å²) in [6.45, 7) is 7.70. The van der Waals surface area contributed by atoms with E-state index < -0.39 is 0 Å². The fourth-order valence-electron chi connectivity index (χ4n) is 4.09. The maximum Gasteiger partial charge on any atom is 0.260 e. The Morgan fingerprint density at radius 2 is 2.03 bits per heavy atom. The lowest BCUT2D eigenvalue weighted by Crippen LogP contribution is -2.49. The number of aromatic amines is 1. The Morgan fingerprint density at radius 1 is 1.24 bits per heavy atom. The normalized spacial score (nSPS) is 13.4. The third-order valence-corrected chi connectivity index (χ3v) is 6.23. The highest BCUT2D eigenvalue weighted by Crippen LogP contribution is 2.23. The van der Waals surface area contributed by atoms with Gasteiger partial charge in [0.1, 0.15) is 18.4 Å². The van der Waals surface area contributed by atoms with Gasteiger partial charge in [-0.1, -0.05) is 42.5 Å². The van der Waals surface area contributed by atoms with Crippen LogP contribution >= 0.6 is 11.6 Å². The predicted octanol–water partition coefficient (Wildman–Crippen LogP) is 4.51. The van der Waals surface area contributed by atoms with Crippen molar-refractivity contribution in [3.63, 3.8) is 0 Å². The van der Waals surface area contributed by atoms with Gasteiger partial charge in [0.2, 0.25) is 5.95 Å². The summed E-state index contributed by atoms with van der Waals surface area (Å²) in [6.07, 6.45) is 5.08. The van der Waals surface area contributed by atoms with E-state index in [1.165, 1.54) is 6.08 Å². The van der Waals surface area contributed by atoms with Gasteiger partial charge in [-0.15, -0.1) is 0 Å². The number of halogens is 1. The van der Waals surface area contributed by atoms with Gasteiger partial charge in [-0.3, -0.25) is 14.6 Å². The Balaban J connectivity index is 1.43. The summed E-state index contributed by atoms with van der Waals surface area (Å²) in [5, 5.41) is 10.2. The van der Waals surface area contributed by atoms with Gasteiger partial charge in [0, 0.05) is 36.8 Å². The van der Waals surface area contributed by atoms with Crippen LogP contribution in [0.15, 0.2) is 59.9 Å². The minimum Gasteiger partial charge on any atom is -0.488 e. The number of hydrogen-bond donors (Lipinski definition) is 1. The molecule has 1 amide bonds. The van der Waals surface area contributed by atoms with E-state index in [4.69, 9.17) is 16.3 Å². The molecule has 2 heterocycles. The van der Waals surface area contributed by atoms with Crippen LogP contribution in [0.1, 0.15) is 39.7 Å². The molecule has 0 unspecified atom stereocenters. The van der Waals surface area contributed by atoms with E-state index in [9.17, 15) is 14.9 Å². The number of piperazine rings is 1. The molecular weight excluding hydrogens is 490 g/mol. The molecule has 0 bridgehead atoms. The first-order valence-corrected chi connectivity index (χ1v) is 12.2. The standard InChI is InChI=1S/C28H26ClN5O3/c1-3-6-24-23(4-2)26(35)32-28(31-24)34-13-11-33(12-14-34)27(36)20-9-10-25(21(16-20)17-30)37-18-19-7-5-8-22(29)15-19/h3-10,15-16H,2,11-14,18H2,1H3,(H,31,32,35)/b6-3-. The number of nitrogens with zero attached hydrogens (tertiary/aromatic N) is 4. The van der Waals surface area contributed by atoms with E-state index in [2.05, 4.69) is 22.6 Å². The number of ether oxygens (including phenoxy) is 1. The van der Waals surface area contributed by atoms with Crippen molar-refractivity contribution in [2.24, 2.45) is 0 Å². The van der Waals surface area contributed by atoms with Crippen molar-refractivity contribution < 1.29 is 9.53 Å². The molecule has 3 aromatic rings. The van der Waals surface area contributed by atoms with Crippen LogP contribution in [0.5, 0.6) is 5.75 Å². The number of rotatable bonds is 7. The van der Waals surface area contributed by atoms with Crippen LogP contribution in [0.25, 0.3) is 12.2 Å². The highest BCUT2D eigenvalue weighted by Gasteiger charge is 2.24. The van der Waals surface area contributed by atoms with Gasteiger partial charge >= 0.3 is 0 Å². The lowest BCUT2D eigenvalue weighted by atomic mass is 10.1. The van der Waals surface area contributed by atoms with Crippen LogP contribution in [0, 0.1) is 11.3 Å². The quantitative estimate of drug-likeness (QED) is 0.496. The Morgan fingerprint density at radius 3 is 2.70 bits per heavy atom. The van der Waals surface area contributed by atoms with Gasteiger partial charge in [0.25, 0.3) is 11.5 Å². The van der Waals surface area contributed by atoms with E-state index in [0.717, 1.165) is 5.56 Å². The van der Waals surface area contributed by atoms with Crippen LogP contribution in [0.4, 0.5) is 5.95 Å². The SMILES string of the molecule is C=Cc1c(/C=C\C)nc(N2CCN(C(=O)c3ccc(OCc4cccc(Cl)c4)c(C#N)c3)CC2)[nH]c1=O. The summed E-state index contributed by atoms with van der Waals surface area (Å²) in [5.74, 6) is 0.693. The van der Waals surface area contributed by atoms with Crippen molar-refractivity contribution in [3.05, 3.63) is 98.4 Å². The van der Waals surface area contributed by atoms with Crippen LogP contribution in [-0.2, 0) is 6.61 Å². The maximum atomic E-state index is 13.2. The summed E-state index contributed by atoms with van der Waals surface area (Å²) < 4.78 is 5.81. The average molecular weight is 516 g/mol. The maximum absolute atomic E-state index is 13.2. The monoisotopic (exact) mass is 515 g/mol. The zero-order valence-corrected chi connectivity index (χ0v) is 21.2. The number of H-pyrrole nitrogens is 1. The van der Waals surface area contributed by atoms with Crippen molar-refractivity contribution >= 4 is 35.6 Å². The lowest BCUT2D eigenvalue weighted by molar-refractivity contribution is 0.0746. The molecule has 1 saturated heterocycles. The van der Waals surface area contributed by atoms with Crippen molar-refractivity contribution in [1.82, 2.24) is 14.9 Å². The summed E-state index contributed by atoms with van der Waals surface area (Å²) in [7, 11) is 0. The minimum atomic E-state index is -0.256. The van der Waals surface area contributed by atoms with Crippen molar-refractivity contribution in [2.45, 2.75) is 13.5 Å². The Kier molecular flexibility index (Phi) is 8.06. The average Bonchev–Trinajstić information content (AvgIpc) is 2.91. The molecule has 188 valence electrons. The fraction of sp³-hybridized carbons (Fsp3) is 0.214. The van der Waals surface area contributed by atoms with Crippen LogP contribution in [0.2, 0.25) is 5.02 Å². The summed E-state index contributed by atoms with van der Waals surface area (Å²) in [5.41, 5.74) is 2.29.